The Morgan fingerprint density at radius 1 is 1.27 bits per heavy atom. The van der Waals surface area contributed by atoms with Gasteiger partial charge in [0.15, 0.2) is 0 Å². The summed E-state index contributed by atoms with van der Waals surface area (Å²) in [5, 5.41) is 9.20. The molecule has 3 unspecified atom stereocenters. The Labute approximate surface area is 68.8 Å². The monoisotopic (exact) mass is 160 g/mol. The van der Waals surface area contributed by atoms with Gasteiger partial charge in [0.2, 0.25) is 0 Å². The molecule has 0 aromatic heterocycles. The smallest absolute Gasteiger partial charge is 0.0680 e. The predicted molar refractivity (Wildman–Crippen MR) is 47.1 cm³/mol. The zero-order chi connectivity index (χ0) is 9.23. The lowest BCUT2D eigenvalue weighted by molar-refractivity contribution is 0.107. The van der Waals surface area contributed by atoms with Gasteiger partial charge in [-0.05, 0) is 19.8 Å². The molecule has 0 aromatic rings. The molecule has 0 heterocycles. The first-order chi connectivity index (χ1) is 4.80. The standard InChI is InChI=1S/C8H20N2O/c1-5(2)8(4,10)7(9)6(3)11/h5-7,11H,9-10H2,1-4H3. The van der Waals surface area contributed by atoms with E-state index in [9.17, 15) is 5.11 Å². The van der Waals surface area contributed by atoms with Gasteiger partial charge >= 0.3 is 0 Å². The minimum absolute atomic E-state index is 0.270. The van der Waals surface area contributed by atoms with Gasteiger partial charge in [0.1, 0.15) is 0 Å². The van der Waals surface area contributed by atoms with Gasteiger partial charge in [-0.15, -0.1) is 0 Å². The van der Waals surface area contributed by atoms with Crippen LogP contribution in [0.4, 0.5) is 0 Å². The van der Waals surface area contributed by atoms with Gasteiger partial charge in [-0.2, -0.15) is 0 Å². The fourth-order valence-corrected chi connectivity index (χ4v) is 0.905. The van der Waals surface area contributed by atoms with Crippen molar-refractivity contribution in [2.24, 2.45) is 17.4 Å². The Balaban J connectivity index is 4.29. The molecule has 0 bridgehead atoms. The summed E-state index contributed by atoms with van der Waals surface area (Å²) in [7, 11) is 0. The molecule has 3 nitrogen and oxygen atoms in total. The third-order valence-corrected chi connectivity index (χ3v) is 2.48. The molecule has 0 aromatic carbocycles. The van der Waals surface area contributed by atoms with Gasteiger partial charge in [0, 0.05) is 11.6 Å². The van der Waals surface area contributed by atoms with Crippen LogP contribution >= 0.6 is 0 Å². The highest BCUT2D eigenvalue weighted by Crippen LogP contribution is 2.18. The van der Waals surface area contributed by atoms with E-state index in [2.05, 4.69) is 0 Å². The predicted octanol–water partition coefficient (Wildman–Crippen LogP) is 0.0679. The Morgan fingerprint density at radius 2 is 1.64 bits per heavy atom. The van der Waals surface area contributed by atoms with E-state index in [-0.39, 0.29) is 12.0 Å². The van der Waals surface area contributed by atoms with E-state index in [0.717, 1.165) is 0 Å². The molecular formula is C8H20N2O. The van der Waals surface area contributed by atoms with Crippen molar-refractivity contribution in [2.45, 2.75) is 45.4 Å². The molecule has 0 rings (SSSR count). The van der Waals surface area contributed by atoms with Crippen LogP contribution in [0.5, 0.6) is 0 Å². The summed E-state index contributed by atoms with van der Waals surface area (Å²) in [5.74, 6) is 0.270. The fourth-order valence-electron chi connectivity index (χ4n) is 0.905. The largest absolute Gasteiger partial charge is 0.392 e. The third kappa shape index (κ3) is 2.43. The van der Waals surface area contributed by atoms with Gasteiger partial charge in [-0.25, -0.2) is 0 Å². The molecule has 0 spiro atoms. The van der Waals surface area contributed by atoms with Crippen LogP contribution in [0, 0.1) is 5.92 Å². The summed E-state index contributed by atoms with van der Waals surface area (Å²) >= 11 is 0. The van der Waals surface area contributed by atoms with E-state index in [1.54, 1.807) is 6.92 Å². The van der Waals surface area contributed by atoms with E-state index in [4.69, 9.17) is 11.5 Å². The average molecular weight is 160 g/mol. The maximum Gasteiger partial charge on any atom is 0.0680 e. The number of rotatable bonds is 3. The zero-order valence-electron chi connectivity index (χ0n) is 7.83. The highest BCUT2D eigenvalue weighted by atomic mass is 16.3. The van der Waals surface area contributed by atoms with E-state index in [1.807, 2.05) is 20.8 Å². The van der Waals surface area contributed by atoms with Crippen LogP contribution < -0.4 is 11.5 Å². The summed E-state index contributed by atoms with van der Waals surface area (Å²) in [6.45, 7) is 7.54. The molecule has 0 saturated carbocycles. The molecule has 0 radical (unpaired) electrons. The molecule has 68 valence electrons. The van der Waals surface area contributed by atoms with Crippen molar-refractivity contribution >= 4 is 0 Å². The molecule has 3 atom stereocenters. The summed E-state index contributed by atoms with van der Waals surface area (Å²) in [4.78, 5) is 0. The van der Waals surface area contributed by atoms with Crippen molar-refractivity contribution < 1.29 is 5.11 Å². The number of aliphatic hydroxyl groups excluding tert-OH is 1. The summed E-state index contributed by atoms with van der Waals surface area (Å²) in [5.41, 5.74) is 11.1. The molecule has 0 fully saturated rings. The van der Waals surface area contributed by atoms with Gasteiger partial charge in [-0.3, -0.25) is 0 Å². The third-order valence-electron chi connectivity index (χ3n) is 2.48. The number of nitrogens with two attached hydrogens (primary N) is 2. The highest BCUT2D eigenvalue weighted by molar-refractivity contribution is 4.95. The highest BCUT2D eigenvalue weighted by Gasteiger charge is 2.33. The van der Waals surface area contributed by atoms with Gasteiger partial charge in [0.25, 0.3) is 0 Å². The summed E-state index contributed by atoms with van der Waals surface area (Å²) < 4.78 is 0. The second-order valence-electron chi connectivity index (χ2n) is 3.79. The molecular weight excluding hydrogens is 140 g/mol. The van der Waals surface area contributed by atoms with Crippen LogP contribution in [0.1, 0.15) is 27.7 Å². The Hall–Kier alpha value is -0.120. The Bertz CT molecular complexity index is 121. The number of aliphatic hydroxyl groups is 1. The normalized spacial score (nSPS) is 22.9. The number of hydrogen-bond donors (Lipinski definition) is 3. The minimum Gasteiger partial charge on any atom is -0.392 e. The fraction of sp³-hybridized carbons (Fsp3) is 1.00. The van der Waals surface area contributed by atoms with Crippen molar-refractivity contribution in [1.82, 2.24) is 0 Å². The van der Waals surface area contributed by atoms with Crippen LogP contribution in [-0.4, -0.2) is 22.8 Å². The molecule has 0 aliphatic heterocycles. The summed E-state index contributed by atoms with van der Waals surface area (Å²) in [6, 6.07) is -0.359. The molecule has 0 amide bonds. The molecule has 5 N–H and O–H groups in total. The lowest BCUT2D eigenvalue weighted by Gasteiger charge is -2.36. The lowest BCUT2D eigenvalue weighted by Crippen LogP contribution is -2.60. The van der Waals surface area contributed by atoms with Crippen molar-refractivity contribution in [3.05, 3.63) is 0 Å². The lowest BCUT2D eigenvalue weighted by atomic mass is 9.81. The molecule has 0 aliphatic carbocycles. The quantitative estimate of drug-likeness (QED) is 0.547. The maximum atomic E-state index is 9.20. The first-order valence-electron chi connectivity index (χ1n) is 4.02. The van der Waals surface area contributed by atoms with Crippen molar-refractivity contribution in [1.29, 1.82) is 0 Å². The van der Waals surface area contributed by atoms with Gasteiger partial charge in [0.05, 0.1) is 6.10 Å². The number of hydrogen-bond acceptors (Lipinski definition) is 3. The Morgan fingerprint density at radius 3 is 1.73 bits per heavy atom. The van der Waals surface area contributed by atoms with E-state index >= 15 is 0 Å². The van der Waals surface area contributed by atoms with Crippen LogP contribution in [0.25, 0.3) is 0 Å². The van der Waals surface area contributed by atoms with Gasteiger partial charge < -0.3 is 16.6 Å². The molecule has 3 heteroatoms. The second kappa shape index (κ2) is 3.52. The van der Waals surface area contributed by atoms with Crippen molar-refractivity contribution in [2.75, 3.05) is 0 Å². The topological polar surface area (TPSA) is 72.3 Å². The first-order valence-corrected chi connectivity index (χ1v) is 4.02. The summed E-state index contributed by atoms with van der Waals surface area (Å²) in [6.07, 6.45) is -0.549. The minimum atomic E-state index is -0.549. The average Bonchev–Trinajstić information content (AvgIpc) is 1.85. The van der Waals surface area contributed by atoms with Crippen LogP contribution in [-0.2, 0) is 0 Å². The Kier molecular flexibility index (Phi) is 3.48. The van der Waals surface area contributed by atoms with E-state index in [0.29, 0.717) is 0 Å². The van der Waals surface area contributed by atoms with Crippen LogP contribution in [0.3, 0.4) is 0 Å². The van der Waals surface area contributed by atoms with E-state index < -0.39 is 11.6 Å². The second-order valence-corrected chi connectivity index (χ2v) is 3.79. The van der Waals surface area contributed by atoms with Gasteiger partial charge in [-0.1, -0.05) is 13.8 Å². The van der Waals surface area contributed by atoms with Crippen molar-refractivity contribution in [3.8, 4) is 0 Å². The molecule has 11 heavy (non-hydrogen) atoms. The van der Waals surface area contributed by atoms with Crippen molar-refractivity contribution in [3.63, 3.8) is 0 Å². The van der Waals surface area contributed by atoms with Crippen LogP contribution in [0.15, 0.2) is 0 Å². The zero-order valence-corrected chi connectivity index (χ0v) is 7.83. The van der Waals surface area contributed by atoms with E-state index in [1.165, 1.54) is 0 Å². The SMILES string of the molecule is CC(O)C(N)C(C)(N)C(C)C. The van der Waals surface area contributed by atoms with Crippen LogP contribution in [0.2, 0.25) is 0 Å². The molecule has 0 saturated heterocycles. The first kappa shape index (κ1) is 10.9. The molecule has 0 aliphatic rings. The maximum absolute atomic E-state index is 9.20.